The molecule has 118 valence electrons. The van der Waals surface area contributed by atoms with Crippen molar-refractivity contribution >= 4 is 29.3 Å². The van der Waals surface area contributed by atoms with Gasteiger partial charge >= 0.3 is 0 Å². The molecular weight excluding hydrogens is 308 g/mol. The zero-order valence-electron chi connectivity index (χ0n) is 12.9. The highest BCUT2D eigenvalue weighted by Crippen LogP contribution is 2.36. The highest BCUT2D eigenvalue weighted by Gasteiger charge is 2.29. The van der Waals surface area contributed by atoms with Gasteiger partial charge in [-0.05, 0) is 17.7 Å². The standard InChI is InChI=1S/C18H18N2O2S/c1-20(12-13-7-3-2-4-8-13)17(21)11-16-18(22)19-14-9-5-6-10-15(14)23-16/h2-10,16H,11-12H2,1H3,(H,19,22). The Morgan fingerprint density at radius 1 is 1.13 bits per heavy atom. The zero-order valence-corrected chi connectivity index (χ0v) is 13.7. The van der Waals surface area contributed by atoms with Crippen molar-refractivity contribution in [2.24, 2.45) is 0 Å². The number of carbonyl (C=O) groups is 2. The van der Waals surface area contributed by atoms with E-state index in [4.69, 9.17) is 0 Å². The van der Waals surface area contributed by atoms with E-state index in [0.717, 1.165) is 16.1 Å². The van der Waals surface area contributed by atoms with Crippen molar-refractivity contribution in [3.8, 4) is 0 Å². The summed E-state index contributed by atoms with van der Waals surface area (Å²) in [5.74, 6) is -0.129. The van der Waals surface area contributed by atoms with Crippen molar-refractivity contribution in [2.45, 2.75) is 23.1 Å². The topological polar surface area (TPSA) is 49.4 Å². The number of benzene rings is 2. The van der Waals surface area contributed by atoms with E-state index >= 15 is 0 Å². The van der Waals surface area contributed by atoms with Crippen LogP contribution < -0.4 is 5.32 Å². The lowest BCUT2D eigenvalue weighted by Crippen LogP contribution is -2.35. The highest BCUT2D eigenvalue weighted by molar-refractivity contribution is 8.01. The van der Waals surface area contributed by atoms with Crippen molar-refractivity contribution in [3.63, 3.8) is 0 Å². The van der Waals surface area contributed by atoms with Crippen LogP contribution in [0.4, 0.5) is 5.69 Å². The third kappa shape index (κ3) is 3.74. The monoisotopic (exact) mass is 326 g/mol. The number of hydrogen-bond acceptors (Lipinski definition) is 3. The van der Waals surface area contributed by atoms with E-state index in [1.807, 2.05) is 54.6 Å². The number of fused-ring (bicyclic) bond motifs is 1. The molecule has 0 saturated carbocycles. The van der Waals surface area contributed by atoms with Crippen LogP contribution in [0.3, 0.4) is 0 Å². The van der Waals surface area contributed by atoms with Gasteiger partial charge in [0.2, 0.25) is 11.8 Å². The number of carbonyl (C=O) groups excluding carboxylic acids is 2. The first-order chi connectivity index (χ1) is 11.1. The number of amides is 2. The molecule has 1 heterocycles. The fraction of sp³-hybridized carbons (Fsp3) is 0.222. The largest absolute Gasteiger partial charge is 0.341 e. The molecule has 1 atom stereocenters. The Labute approximate surface area is 139 Å². The first kappa shape index (κ1) is 15.6. The molecule has 5 heteroatoms. The van der Waals surface area contributed by atoms with E-state index in [-0.39, 0.29) is 23.5 Å². The first-order valence-corrected chi connectivity index (χ1v) is 8.36. The summed E-state index contributed by atoms with van der Waals surface area (Å²) in [6, 6.07) is 17.5. The van der Waals surface area contributed by atoms with Gasteiger partial charge in [0.1, 0.15) is 0 Å². The van der Waals surface area contributed by atoms with Gasteiger partial charge in [-0.1, -0.05) is 42.5 Å². The molecule has 0 aromatic heterocycles. The van der Waals surface area contributed by atoms with Crippen LogP contribution in [0.5, 0.6) is 0 Å². The van der Waals surface area contributed by atoms with Gasteiger partial charge in [-0.15, -0.1) is 11.8 Å². The van der Waals surface area contributed by atoms with Crippen LogP contribution in [0.2, 0.25) is 0 Å². The van der Waals surface area contributed by atoms with Gasteiger partial charge in [-0.2, -0.15) is 0 Å². The van der Waals surface area contributed by atoms with E-state index in [0.29, 0.717) is 6.54 Å². The zero-order chi connectivity index (χ0) is 16.2. The van der Waals surface area contributed by atoms with Gasteiger partial charge in [0, 0.05) is 24.9 Å². The van der Waals surface area contributed by atoms with E-state index in [1.54, 1.807) is 11.9 Å². The molecule has 2 aromatic carbocycles. The molecule has 1 unspecified atom stereocenters. The highest BCUT2D eigenvalue weighted by atomic mass is 32.2. The van der Waals surface area contributed by atoms with Gasteiger partial charge < -0.3 is 10.2 Å². The summed E-state index contributed by atoms with van der Waals surface area (Å²) < 4.78 is 0. The summed E-state index contributed by atoms with van der Waals surface area (Å²) in [5.41, 5.74) is 1.90. The molecular formula is C18H18N2O2S. The maximum absolute atomic E-state index is 12.4. The predicted molar refractivity (Wildman–Crippen MR) is 92.2 cm³/mol. The molecule has 1 aliphatic heterocycles. The van der Waals surface area contributed by atoms with E-state index in [1.165, 1.54) is 11.8 Å². The van der Waals surface area contributed by atoms with Crippen molar-refractivity contribution in [1.82, 2.24) is 4.90 Å². The third-order valence-corrected chi connectivity index (χ3v) is 5.03. The molecule has 1 aliphatic rings. The molecule has 4 nitrogen and oxygen atoms in total. The Morgan fingerprint density at radius 3 is 2.61 bits per heavy atom. The number of hydrogen-bond donors (Lipinski definition) is 1. The van der Waals surface area contributed by atoms with Crippen molar-refractivity contribution in [3.05, 3.63) is 60.2 Å². The summed E-state index contributed by atoms with van der Waals surface area (Å²) in [4.78, 5) is 27.3. The Hall–Kier alpha value is -2.27. The fourth-order valence-corrected chi connectivity index (χ4v) is 3.59. The van der Waals surface area contributed by atoms with Crippen LogP contribution in [0.1, 0.15) is 12.0 Å². The molecule has 2 aromatic rings. The minimum atomic E-state index is -0.379. The molecule has 0 bridgehead atoms. The average Bonchev–Trinajstić information content (AvgIpc) is 2.56. The summed E-state index contributed by atoms with van der Waals surface area (Å²) in [7, 11) is 1.77. The Balaban J connectivity index is 1.63. The summed E-state index contributed by atoms with van der Waals surface area (Å²) in [5, 5.41) is 2.49. The van der Waals surface area contributed by atoms with E-state index in [2.05, 4.69) is 5.32 Å². The molecule has 3 rings (SSSR count). The summed E-state index contributed by atoms with van der Waals surface area (Å²) in [6.07, 6.45) is 0.203. The second-order valence-corrected chi connectivity index (χ2v) is 6.78. The summed E-state index contributed by atoms with van der Waals surface area (Å²) in [6.45, 7) is 0.551. The average molecular weight is 326 g/mol. The maximum Gasteiger partial charge on any atom is 0.238 e. The summed E-state index contributed by atoms with van der Waals surface area (Å²) >= 11 is 1.46. The smallest absolute Gasteiger partial charge is 0.238 e. The number of rotatable bonds is 4. The van der Waals surface area contributed by atoms with Crippen LogP contribution >= 0.6 is 11.8 Å². The number of para-hydroxylation sites is 1. The molecule has 2 amide bonds. The van der Waals surface area contributed by atoms with Crippen molar-refractivity contribution in [1.29, 1.82) is 0 Å². The lowest BCUT2D eigenvalue weighted by molar-refractivity contribution is -0.131. The van der Waals surface area contributed by atoms with Gasteiger partial charge in [0.05, 0.1) is 10.9 Å². The molecule has 0 radical (unpaired) electrons. The quantitative estimate of drug-likeness (QED) is 0.939. The van der Waals surface area contributed by atoms with E-state index < -0.39 is 0 Å². The number of nitrogens with zero attached hydrogens (tertiary/aromatic N) is 1. The van der Waals surface area contributed by atoms with Crippen molar-refractivity contribution < 1.29 is 9.59 Å². The van der Waals surface area contributed by atoms with Gasteiger partial charge in [-0.25, -0.2) is 0 Å². The minimum absolute atomic E-state index is 0.0270. The fourth-order valence-electron chi connectivity index (χ4n) is 2.49. The Morgan fingerprint density at radius 2 is 1.83 bits per heavy atom. The van der Waals surface area contributed by atoms with Crippen LogP contribution in [-0.4, -0.2) is 29.0 Å². The molecule has 0 fully saturated rings. The Bertz CT molecular complexity index is 718. The molecule has 0 saturated heterocycles. The van der Waals surface area contributed by atoms with Crippen LogP contribution in [0.15, 0.2) is 59.5 Å². The van der Waals surface area contributed by atoms with Gasteiger partial charge in [-0.3, -0.25) is 9.59 Å². The molecule has 0 aliphatic carbocycles. The first-order valence-electron chi connectivity index (χ1n) is 7.48. The normalized spacial score (nSPS) is 16.4. The van der Waals surface area contributed by atoms with Gasteiger partial charge in [0.15, 0.2) is 0 Å². The van der Waals surface area contributed by atoms with Crippen LogP contribution in [0, 0.1) is 0 Å². The lowest BCUT2D eigenvalue weighted by Gasteiger charge is -2.25. The third-order valence-electron chi connectivity index (χ3n) is 3.75. The SMILES string of the molecule is CN(Cc1ccccc1)C(=O)CC1Sc2ccccc2NC1=O. The molecule has 23 heavy (non-hydrogen) atoms. The predicted octanol–water partition coefficient (Wildman–Crippen LogP) is 3.15. The minimum Gasteiger partial charge on any atom is -0.341 e. The van der Waals surface area contributed by atoms with E-state index in [9.17, 15) is 9.59 Å². The van der Waals surface area contributed by atoms with Crippen LogP contribution in [0.25, 0.3) is 0 Å². The number of anilines is 1. The van der Waals surface area contributed by atoms with Gasteiger partial charge in [0.25, 0.3) is 0 Å². The maximum atomic E-state index is 12.4. The van der Waals surface area contributed by atoms with Crippen LogP contribution in [-0.2, 0) is 16.1 Å². The number of nitrogens with one attached hydrogen (secondary N) is 1. The second-order valence-electron chi connectivity index (χ2n) is 5.53. The Kier molecular flexibility index (Phi) is 4.67. The lowest BCUT2D eigenvalue weighted by atomic mass is 10.2. The molecule has 0 spiro atoms. The number of thioether (sulfide) groups is 1. The molecule has 1 N–H and O–H groups in total. The van der Waals surface area contributed by atoms with Crippen molar-refractivity contribution in [2.75, 3.05) is 12.4 Å². The second kappa shape index (κ2) is 6.87.